The summed E-state index contributed by atoms with van der Waals surface area (Å²) in [5.74, 6) is 0.519. The second-order valence-corrected chi connectivity index (χ2v) is 4.21. The van der Waals surface area contributed by atoms with Crippen LogP contribution in [0.3, 0.4) is 0 Å². The molecule has 0 heterocycles. The Labute approximate surface area is 106 Å². The van der Waals surface area contributed by atoms with Gasteiger partial charge in [-0.2, -0.15) is 0 Å². The van der Waals surface area contributed by atoms with Gasteiger partial charge in [-0.05, 0) is 36.8 Å². The number of para-hydroxylation sites is 1. The number of hydrogen-bond donors (Lipinski definition) is 1. The van der Waals surface area contributed by atoms with Gasteiger partial charge in [-0.25, -0.2) is 4.39 Å². The Balaban J connectivity index is 2.05. The van der Waals surface area contributed by atoms with Gasteiger partial charge in [0.2, 0.25) is 0 Å². The van der Waals surface area contributed by atoms with Crippen LogP contribution in [0.25, 0.3) is 0 Å². The summed E-state index contributed by atoms with van der Waals surface area (Å²) in [5.41, 5.74) is 6.95. The highest BCUT2D eigenvalue weighted by molar-refractivity contribution is 5.24. The van der Waals surface area contributed by atoms with Crippen LogP contribution in [0.15, 0.2) is 54.6 Å². The molecular weight excluding hydrogens is 229 g/mol. The third-order valence-electron chi connectivity index (χ3n) is 2.83. The lowest BCUT2D eigenvalue weighted by Gasteiger charge is -2.21. The van der Waals surface area contributed by atoms with Gasteiger partial charge in [0.25, 0.3) is 0 Å². The smallest absolute Gasteiger partial charge is 0.123 e. The van der Waals surface area contributed by atoms with E-state index in [0.29, 0.717) is 0 Å². The van der Waals surface area contributed by atoms with Crippen LogP contribution in [0.4, 0.5) is 4.39 Å². The molecule has 0 saturated heterocycles. The lowest BCUT2D eigenvalue weighted by Crippen LogP contribution is -2.28. The highest BCUT2D eigenvalue weighted by Crippen LogP contribution is 2.20. The van der Waals surface area contributed by atoms with Crippen molar-refractivity contribution in [3.63, 3.8) is 0 Å². The number of halogens is 1. The van der Waals surface area contributed by atoms with Crippen molar-refractivity contribution < 1.29 is 9.13 Å². The average Bonchev–Trinajstić information content (AvgIpc) is 2.40. The molecule has 0 radical (unpaired) electrons. The summed E-state index contributed by atoms with van der Waals surface area (Å²) in [4.78, 5) is 0. The van der Waals surface area contributed by atoms with E-state index in [-0.39, 0.29) is 18.0 Å². The molecule has 94 valence electrons. The largest absolute Gasteiger partial charge is 0.489 e. The van der Waals surface area contributed by atoms with E-state index < -0.39 is 0 Å². The van der Waals surface area contributed by atoms with Gasteiger partial charge >= 0.3 is 0 Å². The maximum atomic E-state index is 12.8. The summed E-state index contributed by atoms with van der Waals surface area (Å²) >= 11 is 0. The highest BCUT2D eigenvalue weighted by Gasteiger charge is 2.16. The Morgan fingerprint density at radius 2 is 1.61 bits per heavy atom. The molecule has 0 amide bonds. The molecule has 0 aliphatic heterocycles. The molecule has 0 aliphatic rings. The maximum absolute atomic E-state index is 12.8. The van der Waals surface area contributed by atoms with Crippen LogP contribution >= 0.6 is 0 Å². The van der Waals surface area contributed by atoms with Crippen LogP contribution in [0.5, 0.6) is 5.75 Å². The zero-order chi connectivity index (χ0) is 13.0. The molecular formula is C15H16FNO. The molecule has 3 heteroatoms. The zero-order valence-electron chi connectivity index (χ0n) is 10.2. The third-order valence-corrected chi connectivity index (χ3v) is 2.83. The molecule has 2 unspecified atom stereocenters. The Kier molecular flexibility index (Phi) is 3.95. The van der Waals surface area contributed by atoms with Gasteiger partial charge in [0.05, 0.1) is 6.04 Å². The number of ether oxygens (including phenoxy) is 1. The average molecular weight is 245 g/mol. The first-order valence-corrected chi connectivity index (χ1v) is 5.89. The van der Waals surface area contributed by atoms with Gasteiger partial charge in [-0.1, -0.05) is 30.3 Å². The topological polar surface area (TPSA) is 35.2 Å². The van der Waals surface area contributed by atoms with E-state index in [1.54, 1.807) is 12.1 Å². The fourth-order valence-electron chi connectivity index (χ4n) is 1.74. The van der Waals surface area contributed by atoms with E-state index in [9.17, 15) is 4.39 Å². The summed E-state index contributed by atoms with van der Waals surface area (Å²) in [7, 11) is 0. The Hall–Kier alpha value is -1.87. The summed E-state index contributed by atoms with van der Waals surface area (Å²) in [6.45, 7) is 1.90. The summed E-state index contributed by atoms with van der Waals surface area (Å²) in [6, 6.07) is 15.4. The lowest BCUT2D eigenvalue weighted by molar-refractivity contribution is 0.190. The van der Waals surface area contributed by atoms with Crippen molar-refractivity contribution in [3.05, 3.63) is 66.0 Å². The van der Waals surface area contributed by atoms with Crippen molar-refractivity contribution in [2.75, 3.05) is 0 Å². The van der Waals surface area contributed by atoms with Gasteiger partial charge in [0.15, 0.2) is 0 Å². The van der Waals surface area contributed by atoms with Gasteiger partial charge in [0, 0.05) is 0 Å². The molecule has 2 nitrogen and oxygen atoms in total. The van der Waals surface area contributed by atoms with Crippen molar-refractivity contribution in [1.82, 2.24) is 0 Å². The number of nitrogens with two attached hydrogens (primary N) is 1. The van der Waals surface area contributed by atoms with Crippen LogP contribution < -0.4 is 10.5 Å². The highest BCUT2D eigenvalue weighted by atomic mass is 19.1. The molecule has 2 N–H and O–H groups in total. The SMILES string of the molecule is CC(Oc1ccccc1)C(N)c1ccc(F)cc1. The van der Waals surface area contributed by atoms with E-state index in [1.165, 1.54) is 12.1 Å². The molecule has 0 bridgehead atoms. The van der Waals surface area contributed by atoms with Crippen LogP contribution in [-0.4, -0.2) is 6.10 Å². The predicted octanol–water partition coefficient (Wildman–Crippen LogP) is 3.29. The van der Waals surface area contributed by atoms with E-state index in [2.05, 4.69) is 0 Å². The molecule has 0 aliphatic carbocycles. The minimum atomic E-state index is -0.286. The first kappa shape index (κ1) is 12.6. The summed E-state index contributed by atoms with van der Waals surface area (Å²) in [6.07, 6.45) is -0.183. The van der Waals surface area contributed by atoms with E-state index in [0.717, 1.165) is 11.3 Å². The van der Waals surface area contributed by atoms with E-state index in [4.69, 9.17) is 10.5 Å². The molecule has 2 rings (SSSR count). The van der Waals surface area contributed by atoms with Gasteiger partial charge in [0.1, 0.15) is 17.7 Å². The Morgan fingerprint density at radius 1 is 1.00 bits per heavy atom. The van der Waals surface area contributed by atoms with Crippen LogP contribution in [-0.2, 0) is 0 Å². The molecule has 0 fully saturated rings. The number of benzene rings is 2. The quantitative estimate of drug-likeness (QED) is 0.897. The standard InChI is InChI=1S/C15H16FNO/c1-11(18-14-5-3-2-4-6-14)15(17)12-7-9-13(16)10-8-12/h2-11,15H,17H2,1H3. The fourth-order valence-corrected chi connectivity index (χ4v) is 1.74. The third kappa shape index (κ3) is 3.08. The summed E-state index contributed by atoms with van der Waals surface area (Å²) < 4.78 is 18.6. The molecule has 2 aromatic rings. The number of hydrogen-bond acceptors (Lipinski definition) is 2. The minimum Gasteiger partial charge on any atom is -0.489 e. The van der Waals surface area contributed by atoms with Gasteiger partial charge in [-0.3, -0.25) is 0 Å². The van der Waals surface area contributed by atoms with Gasteiger partial charge in [-0.15, -0.1) is 0 Å². The van der Waals surface area contributed by atoms with Crippen molar-refractivity contribution in [2.45, 2.75) is 19.1 Å². The van der Waals surface area contributed by atoms with Crippen molar-refractivity contribution >= 4 is 0 Å². The normalized spacial score (nSPS) is 13.9. The fraction of sp³-hybridized carbons (Fsp3) is 0.200. The molecule has 18 heavy (non-hydrogen) atoms. The minimum absolute atomic E-state index is 0.183. The monoisotopic (exact) mass is 245 g/mol. The van der Waals surface area contributed by atoms with Crippen LogP contribution in [0.1, 0.15) is 18.5 Å². The van der Waals surface area contributed by atoms with Gasteiger partial charge < -0.3 is 10.5 Å². The predicted molar refractivity (Wildman–Crippen MR) is 69.9 cm³/mol. The van der Waals surface area contributed by atoms with Crippen LogP contribution in [0, 0.1) is 5.82 Å². The van der Waals surface area contributed by atoms with Crippen molar-refractivity contribution in [3.8, 4) is 5.75 Å². The van der Waals surface area contributed by atoms with Crippen molar-refractivity contribution in [2.24, 2.45) is 5.73 Å². The second kappa shape index (κ2) is 5.65. The molecule has 0 aromatic heterocycles. The second-order valence-electron chi connectivity index (χ2n) is 4.21. The Morgan fingerprint density at radius 3 is 2.22 bits per heavy atom. The molecule has 2 aromatic carbocycles. The maximum Gasteiger partial charge on any atom is 0.123 e. The first-order valence-electron chi connectivity index (χ1n) is 5.89. The van der Waals surface area contributed by atoms with E-state index >= 15 is 0 Å². The molecule has 2 atom stereocenters. The zero-order valence-corrected chi connectivity index (χ0v) is 10.2. The first-order chi connectivity index (χ1) is 8.66. The van der Waals surface area contributed by atoms with E-state index in [1.807, 2.05) is 37.3 Å². The van der Waals surface area contributed by atoms with Crippen molar-refractivity contribution in [1.29, 1.82) is 0 Å². The number of rotatable bonds is 4. The van der Waals surface area contributed by atoms with Crippen LogP contribution in [0.2, 0.25) is 0 Å². The lowest BCUT2D eigenvalue weighted by atomic mass is 10.0. The Bertz CT molecular complexity index is 484. The summed E-state index contributed by atoms with van der Waals surface area (Å²) in [5, 5.41) is 0. The molecule has 0 spiro atoms. The molecule has 0 saturated carbocycles.